The van der Waals surface area contributed by atoms with Crippen molar-refractivity contribution in [2.24, 2.45) is 5.73 Å². The summed E-state index contributed by atoms with van der Waals surface area (Å²) in [6, 6.07) is 12.8. The lowest BCUT2D eigenvalue weighted by molar-refractivity contribution is -0.119. The fraction of sp³-hybridized carbons (Fsp3) is 0.368. The van der Waals surface area contributed by atoms with Crippen molar-refractivity contribution in [3.05, 3.63) is 54.0 Å². The molecule has 1 aromatic heterocycles. The molecule has 1 fully saturated rings. The fourth-order valence-corrected chi connectivity index (χ4v) is 3.13. The van der Waals surface area contributed by atoms with Gasteiger partial charge < -0.3 is 19.8 Å². The number of amides is 2. The molecular formula is C19H22N2O4. The Labute approximate surface area is 146 Å². The molecule has 132 valence electrons. The Balaban J connectivity index is 1.66. The summed E-state index contributed by atoms with van der Waals surface area (Å²) in [4.78, 5) is 25.6. The van der Waals surface area contributed by atoms with Crippen LogP contribution in [0.1, 0.15) is 42.0 Å². The van der Waals surface area contributed by atoms with Crippen molar-refractivity contribution in [3.8, 4) is 5.75 Å². The Morgan fingerprint density at radius 3 is 2.52 bits per heavy atom. The number of primary amides is 1. The van der Waals surface area contributed by atoms with E-state index in [0.717, 1.165) is 31.4 Å². The lowest BCUT2D eigenvalue weighted by atomic mass is 10.2. The summed E-state index contributed by atoms with van der Waals surface area (Å²) >= 11 is 0. The van der Waals surface area contributed by atoms with Crippen molar-refractivity contribution < 1.29 is 18.7 Å². The summed E-state index contributed by atoms with van der Waals surface area (Å²) in [7, 11) is 0. The van der Waals surface area contributed by atoms with Crippen LogP contribution in [0, 0.1) is 0 Å². The zero-order chi connectivity index (χ0) is 17.6. The van der Waals surface area contributed by atoms with E-state index in [1.807, 2.05) is 30.3 Å². The standard InChI is InChI=1S/C19H22N2O4/c20-18(22)12-21(14-6-4-5-7-14)19(23)17-11-10-16(25-17)13-24-15-8-2-1-3-9-15/h1-3,8-11,14H,4-7,12-13H2,(H2,20,22). The van der Waals surface area contributed by atoms with Crippen molar-refractivity contribution in [2.45, 2.75) is 38.3 Å². The Hall–Kier alpha value is -2.76. The maximum Gasteiger partial charge on any atom is 0.290 e. The van der Waals surface area contributed by atoms with Gasteiger partial charge in [0.15, 0.2) is 5.76 Å². The van der Waals surface area contributed by atoms with Crippen LogP contribution in [0.25, 0.3) is 0 Å². The van der Waals surface area contributed by atoms with Gasteiger partial charge in [-0.15, -0.1) is 0 Å². The Bertz CT molecular complexity index is 720. The highest BCUT2D eigenvalue weighted by Crippen LogP contribution is 2.25. The largest absolute Gasteiger partial charge is 0.486 e. The van der Waals surface area contributed by atoms with Crippen LogP contribution in [0.3, 0.4) is 0 Å². The number of benzene rings is 1. The second-order valence-electron chi connectivity index (χ2n) is 6.21. The number of rotatable bonds is 7. The summed E-state index contributed by atoms with van der Waals surface area (Å²) < 4.78 is 11.2. The monoisotopic (exact) mass is 342 g/mol. The van der Waals surface area contributed by atoms with E-state index in [-0.39, 0.29) is 30.9 Å². The van der Waals surface area contributed by atoms with E-state index in [9.17, 15) is 9.59 Å². The molecule has 6 heteroatoms. The summed E-state index contributed by atoms with van der Waals surface area (Å²) in [5.74, 6) is 0.682. The number of ether oxygens (including phenoxy) is 1. The maximum absolute atomic E-state index is 12.7. The minimum absolute atomic E-state index is 0.0501. The van der Waals surface area contributed by atoms with Crippen LogP contribution in [0.15, 0.2) is 46.9 Å². The first-order chi connectivity index (χ1) is 12.1. The minimum atomic E-state index is -0.514. The van der Waals surface area contributed by atoms with Gasteiger partial charge in [-0.3, -0.25) is 9.59 Å². The van der Waals surface area contributed by atoms with Gasteiger partial charge in [0.1, 0.15) is 24.7 Å². The van der Waals surface area contributed by atoms with Gasteiger partial charge in [-0.05, 0) is 37.1 Å². The topological polar surface area (TPSA) is 85.8 Å². The van der Waals surface area contributed by atoms with Crippen LogP contribution >= 0.6 is 0 Å². The van der Waals surface area contributed by atoms with Gasteiger partial charge >= 0.3 is 0 Å². The number of hydrogen-bond donors (Lipinski definition) is 1. The molecule has 0 saturated heterocycles. The lowest BCUT2D eigenvalue weighted by Gasteiger charge is -2.26. The quantitative estimate of drug-likeness (QED) is 0.838. The van der Waals surface area contributed by atoms with Crippen molar-refractivity contribution in [1.82, 2.24) is 4.90 Å². The Morgan fingerprint density at radius 1 is 1.12 bits per heavy atom. The molecule has 1 saturated carbocycles. The molecule has 1 aliphatic carbocycles. The molecule has 0 bridgehead atoms. The zero-order valence-corrected chi connectivity index (χ0v) is 14.0. The Morgan fingerprint density at radius 2 is 1.84 bits per heavy atom. The molecule has 0 radical (unpaired) electrons. The highest BCUT2D eigenvalue weighted by Gasteiger charge is 2.30. The van der Waals surface area contributed by atoms with Crippen molar-refractivity contribution in [2.75, 3.05) is 6.54 Å². The molecular weight excluding hydrogens is 320 g/mol. The molecule has 6 nitrogen and oxygen atoms in total. The smallest absolute Gasteiger partial charge is 0.290 e. The number of hydrogen-bond acceptors (Lipinski definition) is 4. The highest BCUT2D eigenvalue weighted by atomic mass is 16.5. The molecule has 3 rings (SSSR count). The minimum Gasteiger partial charge on any atom is -0.486 e. The Kier molecular flexibility index (Phi) is 5.38. The lowest BCUT2D eigenvalue weighted by Crippen LogP contribution is -2.44. The predicted molar refractivity (Wildman–Crippen MR) is 92.0 cm³/mol. The van der Waals surface area contributed by atoms with Gasteiger partial charge in [0, 0.05) is 6.04 Å². The third-order valence-electron chi connectivity index (χ3n) is 4.35. The average molecular weight is 342 g/mol. The van der Waals surface area contributed by atoms with Crippen LogP contribution < -0.4 is 10.5 Å². The molecule has 2 N–H and O–H groups in total. The van der Waals surface area contributed by atoms with Crippen molar-refractivity contribution in [1.29, 1.82) is 0 Å². The third-order valence-corrected chi connectivity index (χ3v) is 4.35. The first-order valence-electron chi connectivity index (χ1n) is 8.49. The molecule has 2 amide bonds. The summed E-state index contributed by atoms with van der Waals surface area (Å²) in [5, 5.41) is 0. The van der Waals surface area contributed by atoms with E-state index in [4.69, 9.17) is 14.9 Å². The molecule has 1 aliphatic rings. The third kappa shape index (κ3) is 4.41. The van der Waals surface area contributed by atoms with Crippen LogP contribution in [0.2, 0.25) is 0 Å². The van der Waals surface area contributed by atoms with E-state index in [0.29, 0.717) is 5.76 Å². The summed E-state index contributed by atoms with van der Waals surface area (Å²) in [6.07, 6.45) is 3.90. The van der Waals surface area contributed by atoms with Gasteiger partial charge in [0.05, 0.1) is 0 Å². The van der Waals surface area contributed by atoms with Crippen molar-refractivity contribution in [3.63, 3.8) is 0 Å². The summed E-state index contributed by atoms with van der Waals surface area (Å²) in [6.45, 7) is 0.149. The summed E-state index contributed by atoms with van der Waals surface area (Å²) in [5.41, 5.74) is 5.31. The van der Waals surface area contributed by atoms with E-state index in [2.05, 4.69) is 0 Å². The van der Waals surface area contributed by atoms with E-state index in [1.54, 1.807) is 12.1 Å². The molecule has 1 aromatic carbocycles. The molecule has 0 spiro atoms. The van der Waals surface area contributed by atoms with Crippen LogP contribution in [-0.2, 0) is 11.4 Å². The number of carbonyl (C=O) groups excluding carboxylic acids is 2. The SMILES string of the molecule is NC(=O)CN(C(=O)c1ccc(COc2ccccc2)o1)C1CCCC1. The van der Waals surface area contributed by atoms with Crippen molar-refractivity contribution >= 4 is 11.8 Å². The van der Waals surface area contributed by atoms with Crippen LogP contribution in [0.5, 0.6) is 5.75 Å². The first-order valence-corrected chi connectivity index (χ1v) is 8.49. The van der Waals surface area contributed by atoms with Gasteiger partial charge in [-0.1, -0.05) is 31.0 Å². The van der Waals surface area contributed by atoms with Crippen LogP contribution in [-0.4, -0.2) is 29.3 Å². The zero-order valence-electron chi connectivity index (χ0n) is 14.0. The van der Waals surface area contributed by atoms with E-state index >= 15 is 0 Å². The molecule has 0 unspecified atom stereocenters. The fourth-order valence-electron chi connectivity index (χ4n) is 3.13. The highest BCUT2D eigenvalue weighted by molar-refractivity contribution is 5.94. The van der Waals surface area contributed by atoms with Gasteiger partial charge in [0.25, 0.3) is 5.91 Å². The van der Waals surface area contributed by atoms with E-state index < -0.39 is 5.91 Å². The first kappa shape index (κ1) is 17.1. The molecule has 25 heavy (non-hydrogen) atoms. The molecule has 0 atom stereocenters. The molecule has 1 heterocycles. The number of nitrogens with two attached hydrogens (primary N) is 1. The predicted octanol–water partition coefficient (Wildman–Crippen LogP) is 2.73. The number of nitrogens with zero attached hydrogens (tertiary/aromatic N) is 1. The average Bonchev–Trinajstić information content (AvgIpc) is 3.30. The number of carbonyl (C=O) groups is 2. The maximum atomic E-state index is 12.7. The second-order valence-corrected chi connectivity index (χ2v) is 6.21. The number of para-hydroxylation sites is 1. The molecule has 0 aliphatic heterocycles. The second kappa shape index (κ2) is 7.88. The van der Waals surface area contributed by atoms with Crippen LogP contribution in [0.4, 0.5) is 0 Å². The number of furan rings is 1. The van der Waals surface area contributed by atoms with Gasteiger partial charge in [-0.2, -0.15) is 0 Å². The normalized spacial score (nSPS) is 14.4. The van der Waals surface area contributed by atoms with Gasteiger partial charge in [0.2, 0.25) is 5.91 Å². The van der Waals surface area contributed by atoms with E-state index in [1.165, 1.54) is 4.90 Å². The molecule has 2 aromatic rings. The van der Waals surface area contributed by atoms with Gasteiger partial charge in [-0.25, -0.2) is 0 Å².